The molecule has 6 nitrogen and oxygen atoms in total. The molecule has 21 heavy (non-hydrogen) atoms. The van der Waals surface area contributed by atoms with Crippen molar-refractivity contribution in [2.75, 3.05) is 16.8 Å². The maximum atomic E-state index is 12.1. The van der Waals surface area contributed by atoms with Crippen LogP contribution in [0.15, 0.2) is 28.0 Å². The van der Waals surface area contributed by atoms with Gasteiger partial charge in [0.2, 0.25) is 5.91 Å². The largest absolute Gasteiger partial charge is 0.481 e. The number of hydrogen-bond donors (Lipinski definition) is 2. The first-order valence-corrected chi connectivity index (χ1v) is 8.95. The summed E-state index contributed by atoms with van der Waals surface area (Å²) in [6.07, 6.45) is -0.447. The lowest BCUT2D eigenvalue weighted by atomic mass is 10.2. The van der Waals surface area contributed by atoms with E-state index >= 15 is 0 Å². The van der Waals surface area contributed by atoms with Gasteiger partial charge >= 0.3 is 5.97 Å². The SMILES string of the molecule is CC1CSc2ccc(S(=O)(=O)CCC(=O)O)cc2NC1=O. The summed E-state index contributed by atoms with van der Waals surface area (Å²) in [5, 5.41) is 11.3. The Balaban J connectivity index is 2.31. The Bertz CT molecular complexity index is 684. The van der Waals surface area contributed by atoms with E-state index in [0.717, 1.165) is 4.90 Å². The van der Waals surface area contributed by atoms with Crippen LogP contribution in [0.3, 0.4) is 0 Å². The molecule has 0 saturated heterocycles. The van der Waals surface area contributed by atoms with Crippen LogP contribution in [-0.2, 0) is 19.4 Å². The van der Waals surface area contributed by atoms with E-state index in [1.807, 2.05) is 0 Å². The van der Waals surface area contributed by atoms with Crippen molar-refractivity contribution in [1.29, 1.82) is 0 Å². The van der Waals surface area contributed by atoms with E-state index in [0.29, 0.717) is 11.4 Å². The van der Waals surface area contributed by atoms with Crippen molar-refractivity contribution in [3.05, 3.63) is 18.2 Å². The number of carboxylic acid groups (broad SMARTS) is 1. The average Bonchev–Trinajstić information content (AvgIpc) is 2.56. The van der Waals surface area contributed by atoms with E-state index in [1.165, 1.54) is 23.9 Å². The monoisotopic (exact) mass is 329 g/mol. The molecule has 0 saturated carbocycles. The number of carbonyl (C=O) groups is 2. The van der Waals surface area contributed by atoms with E-state index in [-0.39, 0.29) is 16.7 Å². The van der Waals surface area contributed by atoms with Gasteiger partial charge in [0, 0.05) is 16.6 Å². The summed E-state index contributed by atoms with van der Waals surface area (Å²) in [7, 11) is -3.67. The van der Waals surface area contributed by atoms with Gasteiger partial charge in [0.25, 0.3) is 0 Å². The average molecular weight is 329 g/mol. The van der Waals surface area contributed by atoms with Gasteiger partial charge in [-0.15, -0.1) is 11.8 Å². The molecule has 0 aromatic heterocycles. The predicted octanol–water partition coefficient (Wildman–Crippen LogP) is 1.62. The fourth-order valence-corrected chi connectivity index (χ4v) is 4.07. The van der Waals surface area contributed by atoms with Crippen molar-refractivity contribution in [2.45, 2.75) is 23.1 Å². The van der Waals surface area contributed by atoms with E-state index in [1.54, 1.807) is 13.0 Å². The van der Waals surface area contributed by atoms with Crippen molar-refractivity contribution < 1.29 is 23.1 Å². The summed E-state index contributed by atoms with van der Waals surface area (Å²) >= 11 is 1.49. The number of rotatable bonds is 4. The smallest absolute Gasteiger partial charge is 0.304 e. The highest BCUT2D eigenvalue weighted by Gasteiger charge is 2.23. The standard InChI is InChI=1S/C13H15NO5S2/c1-8-7-20-11-3-2-9(6-10(11)14-13(8)17)21(18,19)5-4-12(15)16/h2-3,6,8H,4-5,7H2,1H3,(H,14,17)(H,15,16). The molecule has 2 N–H and O–H groups in total. The lowest BCUT2D eigenvalue weighted by molar-refractivity contribution is -0.136. The van der Waals surface area contributed by atoms with Crippen molar-refractivity contribution in [3.63, 3.8) is 0 Å². The number of carbonyl (C=O) groups excluding carboxylic acids is 1. The highest BCUT2D eigenvalue weighted by Crippen LogP contribution is 2.34. The molecule has 1 aromatic carbocycles. The lowest BCUT2D eigenvalue weighted by Crippen LogP contribution is -2.20. The predicted molar refractivity (Wildman–Crippen MR) is 79.3 cm³/mol. The Hall–Kier alpha value is -1.54. The van der Waals surface area contributed by atoms with Gasteiger partial charge in [0.1, 0.15) is 0 Å². The Labute approximate surface area is 126 Å². The molecule has 1 unspecified atom stereocenters. The first-order valence-electron chi connectivity index (χ1n) is 6.32. The van der Waals surface area contributed by atoms with Gasteiger partial charge in [-0.1, -0.05) is 6.92 Å². The molecule has 114 valence electrons. The zero-order valence-corrected chi connectivity index (χ0v) is 13.0. The fraction of sp³-hybridized carbons (Fsp3) is 0.385. The zero-order chi connectivity index (χ0) is 15.6. The number of amides is 1. The molecule has 0 radical (unpaired) electrons. The minimum absolute atomic E-state index is 0.0259. The molecule has 1 amide bonds. The van der Waals surface area contributed by atoms with Gasteiger partial charge < -0.3 is 10.4 Å². The number of thioether (sulfide) groups is 1. The number of benzene rings is 1. The van der Waals surface area contributed by atoms with Gasteiger partial charge in [0.05, 0.1) is 22.8 Å². The molecule has 0 spiro atoms. The van der Waals surface area contributed by atoms with Crippen molar-refractivity contribution in [2.24, 2.45) is 5.92 Å². The second kappa shape index (κ2) is 6.07. The molecule has 8 heteroatoms. The zero-order valence-electron chi connectivity index (χ0n) is 11.3. The molecule has 1 atom stereocenters. The third-order valence-corrected chi connectivity index (χ3v) is 6.14. The van der Waals surface area contributed by atoms with Crippen molar-refractivity contribution in [3.8, 4) is 0 Å². The van der Waals surface area contributed by atoms with Gasteiger partial charge in [-0.3, -0.25) is 9.59 Å². The molecule has 1 aliphatic rings. The highest BCUT2D eigenvalue weighted by molar-refractivity contribution is 7.99. The minimum Gasteiger partial charge on any atom is -0.481 e. The number of hydrogen-bond acceptors (Lipinski definition) is 5. The molecule has 0 aliphatic carbocycles. The number of sulfone groups is 1. The Morgan fingerprint density at radius 2 is 2.19 bits per heavy atom. The van der Waals surface area contributed by atoms with Gasteiger partial charge in [-0.05, 0) is 18.2 Å². The second-order valence-corrected chi connectivity index (χ2v) is 7.99. The number of aliphatic carboxylic acids is 1. The van der Waals surface area contributed by atoms with Gasteiger partial charge in [-0.25, -0.2) is 8.42 Å². The third kappa shape index (κ3) is 3.76. The van der Waals surface area contributed by atoms with Gasteiger partial charge in [-0.2, -0.15) is 0 Å². The Morgan fingerprint density at radius 3 is 2.86 bits per heavy atom. The van der Waals surface area contributed by atoms with Crippen LogP contribution in [0.25, 0.3) is 0 Å². The second-order valence-electron chi connectivity index (χ2n) is 4.82. The van der Waals surface area contributed by atoms with Crippen LogP contribution in [0, 0.1) is 5.92 Å². The number of nitrogens with one attached hydrogen (secondary N) is 1. The van der Waals surface area contributed by atoms with Crippen LogP contribution < -0.4 is 5.32 Å². The molecule has 1 aliphatic heterocycles. The topological polar surface area (TPSA) is 101 Å². The summed E-state index contributed by atoms with van der Waals surface area (Å²) in [4.78, 5) is 23.1. The molecule has 1 heterocycles. The third-order valence-electron chi connectivity index (χ3n) is 3.09. The number of anilines is 1. The normalized spacial score (nSPS) is 18.5. The lowest BCUT2D eigenvalue weighted by Gasteiger charge is -2.09. The van der Waals surface area contributed by atoms with Crippen LogP contribution in [0.2, 0.25) is 0 Å². The summed E-state index contributed by atoms with van der Waals surface area (Å²) in [6, 6.07) is 4.49. The molecular weight excluding hydrogens is 314 g/mol. The molecule has 1 aromatic rings. The number of carboxylic acids is 1. The maximum Gasteiger partial charge on any atom is 0.304 e. The van der Waals surface area contributed by atoms with Crippen LogP contribution in [0.1, 0.15) is 13.3 Å². The van der Waals surface area contributed by atoms with Crippen molar-refractivity contribution in [1.82, 2.24) is 0 Å². The van der Waals surface area contributed by atoms with E-state index in [4.69, 9.17) is 5.11 Å². The fourth-order valence-electron chi connectivity index (χ4n) is 1.81. The van der Waals surface area contributed by atoms with Gasteiger partial charge in [0.15, 0.2) is 9.84 Å². The van der Waals surface area contributed by atoms with E-state index in [2.05, 4.69) is 5.32 Å². The van der Waals surface area contributed by atoms with E-state index in [9.17, 15) is 18.0 Å². The van der Waals surface area contributed by atoms with Crippen LogP contribution in [-0.4, -0.2) is 36.9 Å². The highest BCUT2D eigenvalue weighted by atomic mass is 32.2. The molecule has 2 rings (SSSR count). The quantitative estimate of drug-likeness (QED) is 0.870. The summed E-state index contributed by atoms with van der Waals surface area (Å²) in [5.41, 5.74) is 0.464. The summed E-state index contributed by atoms with van der Waals surface area (Å²) in [6.45, 7) is 1.80. The van der Waals surface area contributed by atoms with Crippen LogP contribution >= 0.6 is 11.8 Å². The Morgan fingerprint density at radius 1 is 1.48 bits per heavy atom. The first kappa shape index (κ1) is 15.8. The molecule has 0 fully saturated rings. The summed E-state index contributed by atoms with van der Waals surface area (Å²) < 4.78 is 24.1. The van der Waals surface area contributed by atoms with E-state index < -0.39 is 28.0 Å². The maximum absolute atomic E-state index is 12.1. The van der Waals surface area contributed by atoms with Crippen LogP contribution in [0.5, 0.6) is 0 Å². The van der Waals surface area contributed by atoms with Crippen LogP contribution in [0.4, 0.5) is 5.69 Å². The van der Waals surface area contributed by atoms with Crippen molar-refractivity contribution >= 4 is 39.2 Å². The number of fused-ring (bicyclic) bond motifs is 1. The Kier molecular flexibility index (Phi) is 4.58. The molecule has 0 bridgehead atoms. The summed E-state index contributed by atoms with van der Waals surface area (Å²) in [5.74, 6) is -1.30. The minimum atomic E-state index is -3.67. The first-order chi connectivity index (χ1) is 9.79. The molecular formula is C13H15NO5S2.